The standard InChI is InChI=1S/C20H34N6O3/c1-6-21-18(22-11-7-12-24-19(28)29-20(3,4)5)23-13-10-17(27)26-16-9-8-15(2)14-25-16/h8-9,14H,6-7,10-13H2,1-5H3,(H,24,28)(H2,21,22,23)(H,25,26,27). The summed E-state index contributed by atoms with van der Waals surface area (Å²) in [4.78, 5) is 32.2. The average molecular weight is 407 g/mol. The Bertz CT molecular complexity index is 668. The van der Waals surface area contributed by atoms with Crippen LogP contribution in [0.25, 0.3) is 0 Å². The predicted octanol–water partition coefficient (Wildman–Crippen LogP) is 2.19. The Morgan fingerprint density at radius 1 is 1.14 bits per heavy atom. The van der Waals surface area contributed by atoms with Gasteiger partial charge in [-0.3, -0.25) is 9.79 Å². The van der Waals surface area contributed by atoms with Crippen molar-refractivity contribution in [1.82, 2.24) is 20.9 Å². The molecule has 0 aliphatic heterocycles. The number of pyridine rings is 1. The number of aryl methyl sites for hydroxylation is 1. The first-order valence-corrected chi connectivity index (χ1v) is 9.91. The fraction of sp³-hybridized carbons (Fsp3) is 0.600. The number of rotatable bonds is 9. The van der Waals surface area contributed by atoms with E-state index < -0.39 is 11.7 Å². The third kappa shape index (κ3) is 12.3. The smallest absolute Gasteiger partial charge is 0.407 e. The molecule has 0 saturated heterocycles. The summed E-state index contributed by atoms with van der Waals surface area (Å²) >= 11 is 0. The van der Waals surface area contributed by atoms with Gasteiger partial charge in [-0.1, -0.05) is 6.07 Å². The minimum atomic E-state index is -0.508. The number of anilines is 1. The van der Waals surface area contributed by atoms with Gasteiger partial charge in [-0.2, -0.15) is 0 Å². The van der Waals surface area contributed by atoms with Crippen molar-refractivity contribution in [2.24, 2.45) is 4.99 Å². The number of ether oxygens (including phenoxy) is 1. The van der Waals surface area contributed by atoms with Crippen LogP contribution in [0.2, 0.25) is 0 Å². The predicted molar refractivity (Wildman–Crippen MR) is 115 cm³/mol. The Morgan fingerprint density at radius 3 is 2.52 bits per heavy atom. The molecular weight excluding hydrogens is 372 g/mol. The van der Waals surface area contributed by atoms with Crippen molar-refractivity contribution < 1.29 is 14.3 Å². The van der Waals surface area contributed by atoms with Crippen LogP contribution in [0, 0.1) is 6.92 Å². The van der Waals surface area contributed by atoms with Crippen molar-refractivity contribution in [2.45, 2.75) is 53.1 Å². The molecule has 0 aromatic carbocycles. The second-order valence-corrected chi connectivity index (χ2v) is 7.49. The molecule has 0 bridgehead atoms. The number of nitrogens with one attached hydrogen (secondary N) is 4. The van der Waals surface area contributed by atoms with Crippen LogP contribution in [0.4, 0.5) is 10.6 Å². The first-order chi connectivity index (χ1) is 13.7. The third-order valence-corrected chi connectivity index (χ3v) is 3.44. The summed E-state index contributed by atoms with van der Waals surface area (Å²) < 4.78 is 5.17. The van der Waals surface area contributed by atoms with Gasteiger partial charge in [-0.05, 0) is 52.7 Å². The van der Waals surface area contributed by atoms with E-state index in [4.69, 9.17) is 4.74 Å². The normalized spacial score (nSPS) is 11.6. The molecule has 1 aromatic rings. The second-order valence-electron chi connectivity index (χ2n) is 7.49. The van der Waals surface area contributed by atoms with E-state index in [2.05, 4.69) is 31.2 Å². The van der Waals surface area contributed by atoms with Gasteiger partial charge in [0, 0.05) is 38.8 Å². The maximum absolute atomic E-state index is 12.0. The number of guanidine groups is 1. The van der Waals surface area contributed by atoms with E-state index in [1.807, 2.05) is 40.7 Å². The fourth-order valence-electron chi connectivity index (χ4n) is 2.16. The molecule has 1 heterocycles. The monoisotopic (exact) mass is 406 g/mol. The lowest BCUT2D eigenvalue weighted by molar-refractivity contribution is -0.116. The zero-order valence-electron chi connectivity index (χ0n) is 18.1. The zero-order chi connectivity index (χ0) is 21.7. The molecule has 0 aliphatic carbocycles. The molecule has 1 aromatic heterocycles. The van der Waals surface area contributed by atoms with Gasteiger partial charge in [-0.15, -0.1) is 0 Å². The SMILES string of the molecule is CCNC(=NCCCNC(=O)OC(C)(C)C)NCCC(=O)Nc1ccc(C)cn1. The van der Waals surface area contributed by atoms with Crippen molar-refractivity contribution >= 4 is 23.8 Å². The Kier molecular flexibility index (Phi) is 10.5. The molecule has 0 unspecified atom stereocenters. The van der Waals surface area contributed by atoms with Crippen LogP contribution in [0.1, 0.15) is 46.1 Å². The molecule has 0 aliphatic rings. The highest BCUT2D eigenvalue weighted by molar-refractivity contribution is 5.90. The lowest BCUT2D eigenvalue weighted by Crippen LogP contribution is -2.39. The van der Waals surface area contributed by atoms with Crippen LogP contribution in [0.3, 0.4) is 0 Å². The Hall–Kier alpha value is -2.84. The maximum Gasteiger partial charge on any atom is 0.407 e. The zero-order valence-corrected chi connectivity index (χ0v) is 18.1. The number of nitrogens with zero attached hydrogens (tertiary/aromatic N) is 2. The van der Waals surface area contributed by atoms with Gasteiger partial charge in [0.15, 0.2) is 5.96 Å². The molecule has 29 heavy (non-hydrogen) atoms. The molecule has 9 nitrogen and oxygen atoms in total. The van der Waals surface area contributed by atoms with Crippen LogP contribution in [0.5, 0.6) is 0 Å². The minimum Gasteiger partial charge on any atom is -0.444 e. The van der Waals surface area contributed by atoms with Crippen molar-refractivity contribution in [3.05, 3.63) is 23.9 Å². The Morgan fingerprint density at radius 2 is 1.90 bits per heavy atom. The van der Waals surface area contributed by atoms with Crippen LogP contribution < -0.4 is 21.3 Å². The van der Waals surface area contributed by atoms with Crippen LogP contribution in [-0.4, -0.2) is 54.7 Å². The number of carbonyl (C=O) groups excluding carboxylic acids is 2. The van der Waals surface area contributed by atoms with E-state index in [0.29, 0.717) is 50.8 Å². The lowest BCUT2D eigenvalue weighted by atomic mass is 10.2. The van der Waals surface area contributed by atoms with Gasteiger partial charge in [0.05, 0.1) is 0 Å². The summed E-state index contributed by atoms with van der Waals surface area (Å²) in [6, 6.07) is 3.67. The molecule has 0 radical (unpaired) electrons. The van der Waals surface area contributed by atoms with E-state index in [9.17, 15) is 9.59 Å². The largest absolute Gasteiger partial charge is 0.444 e. The molecule has 0 spiro atoms. The van der Waals surface area contributed by atoms with Gasteiger partial charge < -0.3 is 26.0 Å². The molecule has 162 valence electrons. The quantitative estimate of drug-likeness (QED) is 0.284. The van der Waals surface area contributed by atoms with Crippen LogP contribution >= 0.6 is 0 Å². The van der Waals surface area contributed by atoms with Gasteiger partial charge in [-0.25, -0.2) is 9.78 Å². The number of aliphatic imine (C=N–C) groups is 1. The van der Waals surface area contributed by atoms with Crippen molar-refractivity contribution in [1.29, 1.82) is 0 Å². The van der Waals surface area contributed by atoms with E-state index in [1.54, 1.807) is 12.3 Å². The van der Waals surface area contributed by atoms with Gasteiger partial charge in [0.1, 0.15) is 11.4 Å². The van der Waals surface area contributed by atoms with Gasteiger partial charge in [0.2, 0.25) is 5.91 Å². The highest BCUT2D eigenvalue weighted by atomic mass is 16.6. The molecule has 2 amide bonds. The van der Waals surface area contributed by atoms with E-state index in [1.165, 1.54) is 0 Å². The van der Waals surface area contributed by atoms with E-state index >= 15 is 0 Å². The maximum atomic E-state index is 12.0. The molecule has 0 atom stereocenters. The Balaban J connectivity index is 2.28. The van der Waals surface area contributed by atoms with Crippen LogP contribution in [0.15, 0.2) is 23.3 Å². The topological polar surface area (TPSA) is 117 Å². The summed E-state index contributed by atoms with van der Waals surface area (Å²) in [5.74, 6) is 1.05. The van der Waals surface area contributed by atoms with Crippen molar-refractivity contribution in [2.75, 3.05) is 31.5 Å². The molecular formula is C20H34N6O3. The average Bonchev–Trinajstić information content (AvgIpc) is 2.62. The number of hydrogen-bond donors (Lipinski definition) is 4. The van der Waals surface area contributed by atoms with Crippen molar-refractivity contribution in [3.8, 4) is 0 Å². The number of aromatic nitrogens is 1. The number of alkyl carbamates (subject to hydrolysis) is 1. The summed E-state index contributed by atoms with van der Waals surface area (Å²) in [5, 5.41) is 11.7. The van der Waals surface area contributed by atoms with E-state index in [0.717, 1.165) is 5.56 Å². The summed E-state index contributed by atoms with van der Waals surface area (Å²) in [6.07, 6.45) is 2.25. The first-order valence-electron chi connectivity index (χ1n) is 9.91. The summed E-state index contributed by atoms with van der Waals surface area (Å²) in [6.45, 7) is 11.5. The highest BCUT2D eigenvalue weighted by Crippen LogP contribution is 2.06. The molecule has 0 saturated carbocycles. The number of amides is 2. The number of carbonyl (C=O) groups is 2. The first kappa shape index (κ1) is 24.2. The van der Waals surface area contributed by atoms with Crippen LogP contribution in [-0.2, 0) is 9.53 Å². The molecule has 4 N–H and O–H groups in total. The fourth-order valence-corrected chi connectivity index (χ4v) is 2.16. The molecule has 9 heteroatoms. The minimum absolute atomic E-state index is 0.119. The lowest BCUT2D eigenvalue weighted by Gasteiger charge is -2.19. The number of hydrogen-bond acceptors (Lipinski definition) is 5. The summed E-state index contributed by atoms with van der Waals surface area (Å²) in [5.41, 5.74) is 0.532. The second kappa shape index (κ2) is 12.6. The third-order valence-electron chi connectivity index (χ3n) is 3.44. The van der Waals surface area contributed by atoms with Crippen molar-refractivity contribution in [3.63, 3.8) is 0 Å². The molecule has 1 rings (SSSR count). The van der Waals surface area contributed by atoms with E-state index in [-0.39, 0.29) is 5.91 Å². The molecule has 0 fully saturated rings. The summed E-state index contributed by atoms with van der Waals surface area (Å²) in [7, 11) is 0. The van der Waals surface area contributed by atoms with Gasteiger partial charge >= 0.3 is 6.09 Å². The van der Waals surface area contributed by atoms with Gasteiger partial charge in [0.25, 0.3) is 0 Å². The Labute approximate surface area is 173 Å². The highest BCUT2D eigenvalue weighted by Gasteiger charge is 2.15.